The molecular weight excluding hydrogens is 274 g/mol. The van der Waals surface area contributed by atoms with Crippen molar-refractivity contribution in [3.63, 3.8) is 0 Å². The molecule has 1 aromatic rings. The molecule has 2 rings (SSSR count). The number of rotatable bonds is 7. The van der Waals surface area contributed by atoms with Crippen LogP contribution in [-0.2, 0) is 6.54 Å². The van der Waals surface area contributed by atoms with Gasteiger partial charge in [0.05, 0.1) is 5.69 Å². The number of hydrogen-bond donors (Lipinski definition) is 1. The zero-order valence-electron chi connectivity index (χ0n) is 15.0. The summed E-state index contributed by atoms with van der Waals surface area (Å²) in [4.78, 5) is 4.95. The largest absolute Gasteiger partial charge is 0.311 e. The van der Waals surface area contributed by atoms with Crippen LogP contribution in [0.4, 0.5) is 0 Å². The predicted octanol–water partition coefficient (Wildman–Crippen LogP) is 1.89. The normalized spacial score (nSPS) is 17.8. The van der Waals surface area contributed by atoms with Crippen LogP contribution >= 0.6 is 0 Å². The molecule has 2 heterocycles. The molecule has 0 aliphatic carbocycles. The summed E-state index contributed by atoms with van der Waals surface area (Å²) in [6, 6.07) is 1.21. The van der Waals surface area contributed by atoms with Gasteiger partial charge in [0.25, 0.3) is 0 Å². The SMILES string of the molecule is Cc1nn(C(C)C)cc1CNCCN1CCC(N(C)C)CC1. The maximum absolute atomic E-state index is 4.57. The van der Waals surface area contributed by atoms with Gasteiger partial charge in [-0.1, -0.05) is 0 Å². The van der Waals surface area contributed by atoms with Crippen molar-refractivity contribution >= 4 is 0 Å². The Morgan fingerprint density at radius 2 is 2.00 bits per heavy atom. The van der Waals surface area contributed by atoms with E-state index in [2.05, 4.69) is 66.0 Å². The molecule has 0 aromatic carbocycles. The Labute approximate surface area is 135 Å². The predicted molar refractivity (Wildman–Crippen MR) is 92.2 cm³/mol. The Bertz CT molecular complexity index is 444. The lowest BCUT2D eigenvalue weighted by molar-refractivity contribution is 0.145. The maximum atomic E-state index is 4.57. The number of aryl methyl sites for hydroxylation is 1. The number of aromatic nitrogens is 2. The van der Waals surface area contributed by atoms with Gasteiger partial charge in [0.15, 0.2) is 0 Å². The van der Waals surface area contributed by atoms with Gasteiger partial charge in [0.1, 0.15) is 0 Å². The second-order valence-electron chi connectivity index (χ2n) is 7.03. The van der Waals surface area contributed by atoms with Gasteiger partial charge < -0.3 is 15.1 Å². The molecule has 5 heteroatoms. The van der Waals surface area contributed by atoms with E-state index >= 15 is 0 Å². The average molecular weight is 307 g/mol. The highest BCUT2D eigenvalue weighted by molar-refractivity contribution is 5.15. The van der Waals surface area contributed by atoms with Crippen molar-refractivity contribution in [2.75, 3.05) is 40.3 Å². The van der Waals surface area contributed by atoms with Gasteiger partial charge in [-0.05, 0) is 60.8 Å². The minimum Gasteiger partial charge on any atom is -0.311 e. The summed E-state index contributed by atoms with van der Waals surface area (Å²) in [5, 5.41) is 8.14. The zero-order chi connectivity index (χ0) is 16.1. The van der Waals surface area contributed by atoms with Gasteiger partial charge in [-0.3, -0.25) is 4.68 Å². The minimum atomic E-state index is 0.436. The Balaban J connectivity index is 1.66. The number of nitrogens with zero attached hydrogens (tertiary/aromatic N) is 4. The van der Waals surface area contributed by atoms with Gasteiger partial charge in [-0.25, -0.2) is 0 Å². The van der Waals surface area contributed by atoms with E-state index in [0.29, 0.717) is 6.04 Å². The van der Waals surface area contributed by atoms with Crippen LogP contribution in [0.5, 0.6) is 0 Å². The third-order valence-electron chi connectivity index (χ3n) is 4.76. The topological polar surface area (TPSA) is 36.3 Å². The summed E-state index contributed by atoms with van der Waals surface area (Å²) in [7, 11) is 4.39. The quantitative estimate of drug-likeness (QED) is 0.781. The van der Waals surface area contributed by atoms with Gasteiger partial charge in [-0.2, -0.15) is 5.10 Å². The first-order valence-corrected chi connectivity index (χ1v) is 8.61. The van der Waals surface area contributed by atoms with Crippen LogP contribution in [-0.4, -0.2) is 65.9 Å². The van der Waals surface area contributed by atoms with Crippen LogP contribution in [0.3, 0.4) is 0 Å². The molecule has 5 nitrogen and oxygen atoms in total. The van der Waals surface area contributed by atoms with Crippen molar-refractivity contribution in [2.45, 2.75) is 52.2 Å². The van der Waals surface area contributed by atoms with E-state index < -0.39 is 0 Å². The Kier molecular flexibility index (Phi) is 6.41. The molecule has 1 aliphatic rings. The van der Waals surface area contributed by atoms with E-state index in [0.717, 1.165) is 31.4 Å². The van der Waals surface area contributed by atoms with E-state index in [4.69, 9.17) is 0 Å². The molecule has 1 aliphatic heterocycles. The summed E-state index contributed by atoms with van der Waals surface area (Å²) < 4.78 is 2.05. The second-order valence-corrected chi connectivity index (χ2v) is 7.03. The number of piperidine rings is 1. The van der Waals surface area contributed by atoms with Crippen LogP contribution in [0.25, 0.3) is 0 Å². The van der Waals surface area contributed by atoms with Crippen molar-refractivity contribution in [1.29, 1.82) is 0 Å². The molecule has 1 fully saturated rings. The molecule has 1 N–H and O–H groups in total. The van der Waals surface area contributed by atoms with E-state index in [1.165, 1.54) is 31.5 Å². The fourth-order valence-electron chi connectivity index (χ4n) is 3.08. The average Bonchev–Trinajstić information content (AvgIpc) is 2.86. The van der Waals surface area contributed by atoms with Crippen molar-refractivity contribution in [3.05, 3.63) is 17.5 Å². The molecule has 0 spiro atoms. The summed E-state index contributed by atoms with van der Waals surface area (Å²) in [6.07, 6.45) is 4.77. The van der Waals surface area contributed by atoms with Crippen molar-refractivity contribution < 1.29 is 0 Å². The zero-order valence-corrected chi connectivity index (χ0v) is 15.0. The third kappa shape index (κ3) is 4.80. The molecule has 22 heavy (non-hydrogen) atoms. The standard InChI is InChI=1S/C17H33N5/c1-14(2)22-13-16(15(3)19-22)12-18-8-11-21-9-6-17(7-10-21)20(4)5/h13-14,17-18H,6-12H2,1-5H3. The monoisotopic (exact) mass is 307 g/mol. The third-order valence-corrected chi connectivity index (χ3v) is 4.76. The molecule has 0 radical (unpaired) electrons. The van der Waals surface area contributed by atoms with Gasteiger partial charge in [0, 0.05) is 43.5 Å². The van der Waals surface area contributed by atoms with Crippen LogP contribution in [0.1, 0.15) is 44.0 Å². The molecule has 0 atom stereocenters. The molecule has 0 unspecified atom stereocenters. The van der Waals surface area contributed by atoms with E-state index in [1.54, 1.807) is 0 Å². The van der Waals surface area contributed by atoms with Gasteiger partial charge >= 0.3 is 0 Å². The molecule has 1 aromatic heterocycles. The van der Waals surface area contributed by atoms with Crippen LogP contribution in [0.15, 0.2) is 6.20 Å². The molecule has 0 amide bonds. The van der Waals surface area contributed by atoms with Crippen LogP contribution in [0.2, 0.25) is 0 Å². The summed E-state index contributed by atoms with van der Waals surface area (Å²) in [5.41, 5.74) is 2.47. The maximum Gasteiger partial charge on any atom is 0.0638 e. The van der Waals surface area contributed by atoms with Crippen LogP contribution < -0.4 is 5.32 Å². The molecular formula is C17H33N5. The highest BCUT2D eigenvalue weighted by Crippen LogP contribution is 2.13. The van der Waals surface area contributed by atoms with E-state index in [-0.39, 0.29) is 0 Å². The van der Waals surface area contributed by atoms with Gasteiger partial charge in [0.2, 0.25) is 0 Å². The van der Waals surface area contributed by atoms with Crippen molar-refractivity contribution in [1.82, 2.24) is 24.9 Å². The molecule has 126 valence electrons. The number of nitrogens with one attached hydrogen (secondary N) is 1. The lowest BCUT2D eigenvalue weighted by Gasteiger charge is -2.35. The lowest BCUT2D eigenvalue weighted by atomic mass is 10.0. The first-order chi connectivity index (χ1) is 10.5. The summed E-state index contributed by atoms with van der Waals surface area (Å²) in [5.74, 6) is 0. The van der Waals surface area contributed by atoms with Gasteiger partial charge in [-0.15, -0.1) is 0 Å². The number of likely N-dealkylation sites (tertiary alicyclic amines) is 1. The Morgan fingerprint density at radius 1 is 1.32 bits per heavy atom. The summed E-state index contributed by atoms with van der Waals surface area (Å²) >= 11 is 0. The minimum absolute atomic E-state index is 0.436. The lowest BCUT2D eigenvalue weighted by Crippen LogP contribution is -2.43. The fourth-order valence-corrected chi connectivity index (χ4v) is 3.08. The first-order valence-electron chi connectivity index (χ1n) is 8.61. The smallest absolute Gasteiger partial charge is 0.0638 e. The first kappa shape index (κ1) is 17.4. The fraction of sp³-hybridized carbons (Fsp3) is 0.824. The van der Waals surface area contributed by atoms with Crippen molar-refractivity contribution in [3.8, 4) is 0 Å². The van der Waals surface area contributed by atoms with E-state index in [1.807, 2.05) is 0 Å². The second kappa shape index (κ2) is 8.09. The summed E-state index contributed by atoms with van der Waals surface area (Å²) in [6.45, 7) is 12.0. The van der Waals surface area contributed by atoms with Crippen molar-refractivity contribution in [2.24, 2.45) is 0 Å². The van der Waals surface area contributed by atoms with E-state index in [9.17, 15) is 0 Å². The Morgan fingerprint density at radius 3 is 2.55 bits per heavy atom. The molecule has 1 saturated heterocycles. The van der Waals surface area contributed by atoms with Crippen LogP contribution in [0, 0.1) is 6.92 Å². The number of hydrogen-bond acceptors (Lipinski definition) is 4. The highest BCUT2D eigenvalue weighted by Gasteiger charge is 2.19. The Hall–Kier alpha value is -0.910. The molecule has 0 saturated carbocycles. The highest BCUT2D eigenvalue weighted by atomic mass is 15.3. The molecule has 0 bridgehead atoms.